The van der Waals surface area contributed by atoms with Gasteiger partial charge in [0, 0.05) is 33.2 Å². The Hall–Kier alpha value is -2.19. The van der Waals surface area contributed by atoms with Gasteiger partial charge < -0.3 is 24.5 Å². The number of nitrogens with zero attached hydrogens (tertiary/aromatic N) is 3. The predicted molar refractivity (Wildman–Crippen MR) is 121 cm³/mol. The van der Waals surface area contributed by atoms with Gasteiger partial charge in [0.2, 0.25) is 17.7 Å². The predicted octanol–water partition coefficient (Wildman–Crippen LogP) is 1.20. The van der Waals surface area contributed by atoms with Gasteiger partial charge in [-0.3, -0.25) is 14.4 Å². The Balaban J connectivity index is 1.95. The average Bonchev–Trinajstić information content (AvgIpc) is 3.41. The van der Waals surface area contributed by atoms with Crippen LogP contribution in [0.3, 0.4) is 0 Å². The van der Waals surface area contributed by atoms with Crippen molar-refractivity contribution in [3.63, 3.8) is 0 Å². The highest BCUT2D eigenvalue weighted by Gasteiger charge is 2.74. The molecule has 8 nitrogen and oxygen atoms in total. The fourth-order valence-corrected chi connectivity index (χ4v) is 5.77. The van der Waals surface area contributed by atoms with E-state index in [4.69, 9.17) is 4.74 Å². The minimum absolute atomic E-state index is 0.0435. The zero-order chi connectivity index (χ0) is 23.5. The molecule has 178 valence electrons. The number of amides is 3. The highest BCUT2D eigenvalue weighted by molar-refractivity contribution is 5.99. The van der Waals surface area contributed by atoms with E-state index in [1.807, 2.05) is 0 Å². The Labute approximate surface area is 190 Å². The lowest BCUT2D eigenvalue weighted by Gasteiger charge is -2.36. The summed E-state index contributed by atoms with van der Waals surface area (Å²) in [7, 11) is 1.69. The van der Waals surface area contributed by atoms with E-state index in [-0.39, 0.29) is 37.0 Å². The number of aliphatic hydroxyl groups excluding tert-OH is 1. The fraction of sp³-hybridized carbons (Fsp3) is 0.708. The topological polar surface area (TPSA) is 90.4 Å². The monoisotopic (exact) mass is 447 g/mol. The number of carbonyl (C=O) groups is 3. The SMILES string of the molecule is C=CCN(C)C(=O)[C@@H]1[C@@H]2CCC3(O2)C(C(=O)N(CC=C)CCCCC)N(CCO)C(=O)[C@H]13. The number of unbranched alkanes of at least 4 members (excludes halogenated alkanes) is 2. The molecule has 5 atom stereocenters. The summed E-state index contributed by atoms with van der Waals surface area (Å²) in [6, 6.07) is -0.832. The first-order valence-electron chi connectivity index (χ1n) is 11.7. The molecular formula is C24H37N3O5. The van der Waals surface area contributed by atoms with Crippen molar-refractivity contribution < 1.29 is 24.2 Å². The highest BCUT2D eigenvalue weighted by atomic mass is 16.5. The summed E-state index contributed by atoms with van der Waals surface area (Å²) >= 11 is 0. The summed E-state index contributed by atoms with van der Waals surface area (Å²) < 4.78 is 6.39. The van der Waals surface area contributed by atoms with Crippen molar-refractivity contribution in [1.29, 1.82) is 0 Å². The van der Waals surface area contributed by atoms with Gasteiger partial charge in [0.1, 0.15) is 11.6 Å². The first-order chi connectivity index (χ1) is 15.4. The highest BCUT2D eigenvalue weighted by Crippen LogP contribution is 2.58. The van der Waals surface area contributed by atoms with Crippen LogP contribution in [0.1, 0.15) is 39.0 Å². The van der Waals surface area contributed by atoms with Gasteiger partial charge in [-0.15, -0.1) is 13.2 Å². The van der Waals surface area contributed by atoms with Crippen molar-refractivity contribution in [2.24, 2.45) is 11.8 Å². The largest absolute Gasteiger partial charge is 0.395 e. The Kier molecular flexibility index (Phi) is 7.77. The van der Waals surface area contributed by atoms with E-state index in [2.05, 4.69) is 20.1 Å². The van der Waals surface area contributed by atoms with Crippen LogP contribution in [0.25, 0.3) is 0 Å². The van der Waals surface area contributed by atoms with Crippen molar-refractivity contribution in [2.75, 3.05) is 39.8 Å². The molecule has 3 rings (SSSR count). The number of ether oxygens (including phenoxy) is 1. The van der Waals surface area contributed by atoms with Crippen LogP contribution in [0, 0.1) is 11.8 Å². The number of likely N-dealkylation sites (N-methyl/N-ethyl adjacent to an activating group) is 1. The van der Waals surface area contributed by atoms with Gasteiger partial charge in [0.15, 0.2) is 0 Å². The molecule has 0 aromatic carbocycles. The fourth-order valence-electron chi connectivity index (χ4n) is 5.77. The van der Waals surface area contributed by atoms with Gasteiger partial charge in [-0.25, -0.2) is 0 Å². The number of β-amino-alcohol motifs (C(OH)–C–C–N with tert-alkyl or cyclic N) is 1. The second kappa shape index (κ2) is 10.2. The maximum absolute atomic E-state index is 13.8. The van der Waals surface area contributed by atoms with E-state index in [0.717, 1.165) is 19.3 Å². The number of fused-ring (bicyclic) bond motifs is 1. The van der Waals surface area contributed by atoms with Crippen LogP contribution in [0.4, 0.5) is 0 Å². The molecule has 0 aliphatic carbocycles. The molecule has 0 aromatic heterocycles. The Morgan fingerprint density at radius 1 is 1.25 bits per heavy atom. The molecule has 3 aliphatic rings. The van der Waals surface area contributed by atoms with Crippen LogP contribution in [0.15, 0.2) is 25.3 Å². The summed E-state index contributed by atoms with van der Waals surface area (Å²) in [5.74, 6) is -1.93. The molecular weight excluding hydrogens is 410 g/mol. The van der Waals surface area contributed by atoms with Gasteiger partial charge in [-0.2, -0.15) is 0 Å². The zero-order valence-corrected chi connectivity index (χ0v) is 19.4. The first kappa shape index (κ1) is 24.5. The lowest BCUT2D eigenvalue weighted by atomic mass is 9.70. The molecule has 1 spiro atoms. The van der Waals surface area contributed by atoms with Crippen molar-refractivity contribution in [3.05, 3.63) is 25.3 Å². The standard InChI is InChI=1S/C24H37N3O5/c1-5-8-9-14-26(13-7-3)23(31)20-24-11-10-17(32-24)18(21(29)25(4)12-6-2)19(24)22(30)27(20)15-16-28/h6-7,17-20,28H,2-3,5,8-16H2,1,4H3/t17-,18+,19-,20?,24?/m0/s1. The number of hydrogen-bond donors (Lipinski definition) is 1. The molecule has 3 fully saturated rings. The summed E-state index contributed by atoms with van der Waals surface area (Å²) in [6.07, 6.45) is 7.06. The van der Waals surface area contributed by atoms with Crippen LogP contribution in [-0.4, -0.2) is 95.1 Å². The maximum Gasteiger partial charge on any atom is 0.248 e. The van der Waals surface area contributed by atoms with Gasteiger partial charge >= 0.3 is 0 Å². The molecule has 2 bridgehead atoms. The molecule has 8 heteroatoms. The Morgan fingerprint density at radius 3 is 2.59 bits per heavy atom. The van der Waals surface area contributed by atoms with Crippen molar-refractivity contribution in [1.82, 2.24) is 14.7 Å². The number of carbonyl (C=O) groups excluding carboxylic acids is 3. The third kappa shape index (κ3) is 3.99. The minimum Gasteiger partial charge on any atom is -0.395 e. The van der Waals surface area contributed by atoms with E-state index >= 15 is 0 Å². The number of likely N-dealkylation sites (tertiary alicyclic amines) is 1. The van der Waals surface area contributed by atoms with E-state index in [9.17, 15) is 19.5 Å². The lowest BCUT2D eigenvalue weighted by molar-refractivity contribution is -0.148. The average molecular weight is 448 g/mol. The van der Waals surface area contributed by atoms with Crippen LogP contribution in [0.2, 0.25) is 0 Å². The van der Waals surface area contributed by atoms with E-state index in [1.165, 1.54) is 4.90 Å². The summed E-state index contributed by atoms with van der Waals surface area (Å²) in [5, 5.41) is 9.66. The molecule has 0 aromatic rings. The molecule has 3 amide bonds. The van der Waals surface area contributed by atoms with Crippen molar-refractivity contribution in [3.8, 4) is 0 Å². The Morgan fingerprint density at radius 2 is 1.97 bits per heavy atom. The molecule has 2 unspecified atom stereocenters. The van der Waals surface area contributed by atoms with Crippen molar-refractivity contribution >= 4 is 17.7 Å². The molecule has 3 saturated heterocycles. The first-order valence-corrected chi connectivity index (χ1v) is 11.7. The quantitative estimate of drug-likeness (QED) is 0.359. The van der Waals surface area contributed by atoms with E-state index in [1.54, 1.807) is 29.0 Å². The number of hydrogen-bond acceptors (Lipinski definition) is 5. The van der Waals surface area contributed by atoms with Gasteiger partial charge in [0.05, 0.1) is 24.5 Å². The third-order valence-electron chi connectivity index (χ3n) is 7.13. The summed E-state index contributed by atoms with van der Waals surface area (Å²) in [5.41, 5.74) is -1.02. The molecule has 3 heterocycles. The van der Waals surface area contributed by atoms with Crippen molar-refractivity contribution in [2.45, 2.75) is 56.8 Å². The zero-order valence-electron chi connectivity index (χ0n) is 19.4. The maximum atomic E-state index is 13.8. The lowest BCUT2D eigenvalue weighted by Crippen LogP contribution is -2.56. The van der Waals surface area contributed by atoms with Crippen LogP contribution in [0.5, 0.6) is 0 Å². The second-order valence-corrected chi connectivity index (χ2v) is 9.10. The Bertz CT molecular complexity index is 756. The molecule has 0 radical (unpaired) electrons. The molecule has 0 saturated carbocycles. The van der Waals surface area contributed by atoms with Gasteiger partial charge in [0.25, 0.3) is 0 Å². The summed E-state index contributed by atoms with van der Waals surface area (Å²) in [6.45, 7) is 10.7. The second-order valence-electron chi connectivity index (χ2n) is 9.10. The van der Waals surface area contributed by atoms with Crippen LogP contribution in [-0.2, 0) is 19.1 Å². The van der Waals surface area contributed by atoms with Gasteiger partial charge in [-0.05, 0) is 19.3 Å². The van der Waals surface area contributed by atoms with E-state index in [0.29, 0.717) is 32.5 Å². The molecule has 3 aliphatic heterocycles. The number of aliphatic hydroxyl groups is 1. The van der Waals surface area contributed by atoms with Crippen LogP contribution < -0.4 is 0 Å². The number of rotatable bonds is 12. The smallest absolute Gasteiger partial charge is 0.248 e. The summed E-state index contributed by atoms with van der Waals surface area (Å²) in [4.78, 5) is 45.4. The molecule has 1 N–H and O–H groups in total. The van der Waals surface area contributed by atoms with E-state index < -0.39 is 23.5 Å². The molecule has 32 heavy (non-hydrogen) atoms. The normalized spacial score (nSPS) is 30.3. The third-order valence-corrected chi connectivity index (χ3v) is 7.13. The minimum atomic E-state index is -1.02. The van der Waals surface area contributed by atoms with Crippen LogP contribution >= 0.6 is 0 Å². The van der Waals surface area contributed by atoms with Gasteiger partial charge in [-0.1, -0.05) is 31.9 Å².